The first-order valence-electron chi connectivity index (χ1n) is 10.1. The Morgan fingerprint density at radius 1 is 1.10 bits per heavy atom. The van der Waals surface area contributed by atoms with Crippen LogP contribution in [0.15, 0.2) is 36.9 Å². The van der Waals surface area contributed by atoms with Crippen LogP contribution in [0.25, 0.3) is 22.0 Å². The van der Waals surface area contributed by atoms with Gasteiger partial charge in [0.05, 0.1) is 31.6 Å². The van der Waals surface area contributed by atoms with Gasteiger partial charge in [-0.15, -0.1) is 0 Å². The van der Waals surface area contributed by atoms with Crippen LogP contribution in [0.5, 0.6) is 0 Å². The maximum absolute atomic E-state index is 12.8. The average molecular weight is 407 g/mol. The first kappa shape index (κ1) is 20.2. The number of aryl methyl sites for hydroxylation is 1. The number of piperidine rings is 1. The molecule has 0 bridgehead atoms. The summed E-state index contributed by atoms with van der Waals surface area (Å²) in [5.41, 5.74) is 3.54. The van der Waals surface area contributed by atoms with Gasteiger partial charge in [-0.2, -0.15) is 5.10 Å². The number of carbonyl (C=O) groups is 2. The molecule has 0 unspecified atom stereocenters. The molecule has 0 amide bonds. The monoisotopic (exact) mass is 407 g/mol. The summed E-state index contributed by atoms with van der Waals surface area (Å²) in [7, 11) is 3.27. The van der Waals surface area contributed by atoms with E-state index in [1.807, 2.05) is 30.4 Å². The van der Waals surface area contributed by atoms with Crippen molar-refractivity contribution in [2.75, 3.05) is 26.7 Å². The lowest BCUT2D eigenvalue weighted by atomic mass is 9.90. The Kier molecular flexibility index (Phi) is 5.85. The zero-order valence-electron chi connectivity index (χ0n) is 17.2. The van der Waals surface area contributed by atoms with Crippen LogP contribution in [-0.2, 0) is 27.8 Å². The predicted molar refractivity (Wildman–Crippen MR) is 112 cm³/mol. The number of nitrogens with zero attached hydrogens (tertiary/aromatic N) is 5. The highest BCUT2D eigenvalue weighted by atomic mass is 16.5. The number of pyridine rings is 2. The van der Waals surface area contributed by atoms with Crippen LogP contribution < -0.4 is 0 Å². The molecular formula is C22H25N5O3. The normalized spacial score (nSPS) is 15.4. The molecule has 4 rings (SSSR count). The molecule has 8 heteroatoms. The Morgan fingerprint density at radius 3 is 2.60 bits per heavy atom. The van der Waals surface area contributed by atoms with Gasteiger partial charge in [-0.05, 0) is 38.1 Å². The second-order valence-corrected chi connectivity index (χ2v) is 7.76. The molecule has 0 aromatic carbocycles. The second kappa shape index (κ2) is 8.71. The minimum atomic E-state index is -0.237. The Labute approximate surface area is 174 Å². The number of ketones is 1. The smallest absolute Gasteiger partial charge is 0.319 e. The number of hydrogen-bond acceptors (Lipinski definition) is 7. The number of likely N-dealkylation sites (tertiary alicyclic amines) is 1. The molecule has 156 valence electrons. The summed E-state index contributed by atoms with van der Waals surface area (Å²) in [6.07, 6.45) is 9.13. The third-order valence-electron chi connectivity index (χ3n) is 5.64. The molecule has 30 heavy (non-hydrogen) atoms. The van der Waals surface area contributed by atoms with Crippen molar-refractivity contribution in [2.45, 2.75) is 19.3 Å². The summed E-state index contributed by atoms with van der Waals surface area (Å²) in [6.45, 7) is 1.75. The van der Waals surface area contributed by atoms with E-state index in [2.05, 4.69) is 21.1 Å². The van der Waals surface area contributed by atoms with Crippen molar-refractivity contribution in [2.24, 2.45) is 13.0 Å². The zero-order chi connectivity index (χ0) is 21.1. The van der Waals surface area contributed by atoms with Crippen molar-refractivity contribution >= 4 is 22.7 Å². The standard InChI is InChI=1S/C22H25N5O3/c1-26-13-18(11-25-26)17-7-16-8-19(23-12-20(16)24-10-17)9-21(28)15-3-5-27(6-4-15)14-22(29)30-2/h7-8,10-13,15H,3-6,9,14H2,1-2H3. The van der Waals surface area contributed by atoms with Gasteiger partial charge in [0.15, 0.2) is 0 Å². The number of Topliss-reactive ketones (excluding diaryl/α,β-unsaturated/α-hetero) is 1. The van der Waals surface area contributed by atoms with E-state index < -0.39 is 0 Å². The molecule has 0 atom stereocenters. The van der Waals surface area contributed by atoms with E-state index in [-0.39, 0.29) is 24.2 Å². The van der Waals surface area contributed by atoms with Gasteiger partial charge in [-0.25, -0.2) is 0 Å². The number of fused-ring (bicyclic) bond motifs is 1. The van der Waals surface area contributed by atoms with Crippen molar-refractivity contribution in [3.05, 3.63) is 42.6 Å². The fourth-order valence-electron chi connectivity index (χ4n) is 3.88. The van der Waals surface area contributed by atoms with Gasteiger partial charge in [0.1, 0.15) is 5.78 Å². The van der Waals surface area contributed by atoms with Crippen molar-refractivity contribution in [1.82, 2.24) is 24.6 Å². The number of esters is 1. The molecule has 0 radical (unpaired) electrons. The first-order valence-corrected chi connectivity index (χ1v) is 10.1. The summed E-state index contributed by atoms with van der Waals surface area (Å²) in [5, 5.41) is 5.17. The lowest BCUT2D eigenvalue weighted by Crippen LogP contribution is -2.39. The fourth-order valence-corrected chi connectivity index (χ4v) is 3.88. The molecular weight excluding hydrogens is 382 g/mol. The van der Waals surface area contributed by atoms with Crippen molar-refractivity contribution < 1.29 is 14.3 Å². The molecule has 1 fully saturated rings. The minimum absolute atomic E-state index is 0.0104. The Morgan fingerprint density at radius 2 is 1.90 bits per heavy atom. The zero-order valence-corrected chi connectivity index (χ0v) is 17.2. The highest BCUT2D eigenvalue weighted by molar-refractivity contribution is 5.86. The maximum Gasteiger partial charge on any atom is 0.319 e. The number of methoxy groups -OCH3 is 1. The molecule has 8 nitrogen and oxygen atoms in total. The molecule has 0 spiro atoms. The summed E-state index contributed by atoms with van der Waals surface area (Å²) in [4.78, 5) is 35.2. The summed E-state index contributed by atoms with van der Waals surface area (Å²) >= 11 is 0. The van der Waals surface area contributed by atoms with Gasteiger partial charge in [0.2, 0.25) is 0 Å². The van der Waals surface area contributed by atoms with E-state index in [0.717, 1.165) is 53.7 Å². The fraction of sp³-hybridized carbons (Fsp3) is 0.409. The lowest BCUT2D eigenvalue weighted by Gasteiger charge is -2.30. The Hall–Kier alpha value is -3.13. The topological polar surface area (TPSA) is 90.2 Å². The van der Waals surface area contributed by atoms with E-state index in [4.69, 9.17) is 4.74 Å². The van der Waals surface area contributed by atoms with Crippen LogP contribution in [-0.4, -0.2) is 63.1 Å². The number of ether oxygens (including phenoxy) is 1. The molecule has 1 aliphatic heterocycles. The number of rotatable bonds is 6. The van der Waals surface area contributed by atoms with Gasteiger partial charge in [-0.3, -0.25) is 29.1 Å². The number of carbonyl (C=O) groups excluding carboxylic acids is 2. The lowest BCUT2D eigenvalue weighted by molar-refractivity contribution is -0.142. The van der Waals surface area contributed by atoms with E-state index in [1.165, 1.54) is 7.11 Å². The van der Waals surface area contributed by atoms with E-state index in [0.29, 0.717) is 6.42 Å². The Balaban J connectivity index is 1.42. The third-order valence-corrected chi connectivity index (χ3v) is 5.64. The van der Waals surface area contributed by atoms with Crippen LogP contribution in [0.2, 0.25) is 0 Å². The molecule has 0 N–H and O–H groups in total. The van der Waals surface area contributed by atoms with Crippen molar-refractivity contribution in [3.63, 3.8) is 0 Å². The minimum Gasteiger partial charge on any atom is -0.468 e. The second-order valence-electron chi connectivity index (χ2n) is 7.76. The molecule has 3 aromatic rings. The summed E-state index contributed by atoms with van der Waals surface area (Å²) < 4.78 is 6.47. The first-order chi connectivity index (χ1) is 14.5. The molecule has 4 heterocycles. The van der Waals surface area contributed by atoms with E-state index in [9.17, 15) is 9.59 Å². The quantitative estimate of drug-likeness (QED) is 0.578. The van der Waals surface area contributed by atoms with Crippen LogP contribution >= 0.6 is 0 Å². The molecule has 1 aliphatic rings. The van der Waals surface area contributed by atoms with Crippen LogP contribution in [0.4, 0.5) is 0 Å². The van der Waals surface area contributed by atoms with E-state index in [1.54, 1.807) is 17.1 Å². The highest BCUT2D eigenvalue weighted by Gasteiger charge is 2.26. The van der Waals surface area contributed by atoms with Crippen LogP contribution in [0.1, 0.15) is 18.5 Å². The van der Waals surface area contributed by atoms with Gasteiger partial charge in [-0.1, -0.05) is 0 Å². The van der Waals surface area contributed by atoms with Crippen molar-refractivity contribution in [3.8, 4) is 11.1 Å². The SMILES string of the molecule is COC(=O)CN1CCC(C(=O)Cc2cc3cc(-c4cnn(C)c4)cnc3cn2)CC1. The number of aromatic nitrogens is 4. The van der Waals surface area contributed by atoms with Crippen LogP contribution in [0.3, 0.4) is 0 Å². The average Bonchev–Trinajstić information content (AvgIpc) is 3.20. The maximum atomic E-state index is 12.8. The Bertz CT molecular complexity index is 1070. The molecule has 0 saturated carbocycles. The molecule has 3 aromatic heterocycles. The van der Waals surface area contributed by atoms with Gasteiger partial charge in [0, 0.05) is 54.0 Å². The number of hydrogen-bond donors (Lipinski definition) is 0. The predicted octanol–water partition coefficient (Wildman–Crippen LogP) is 2.03. The largest absolute Gasteiger partial charge is 0.468 e. The molecule has 1 saturated heterocycles. The van der Waals surface area contributed by atoms with Gasteiger partial charge in [0.25, 0.3) is 0 Å². The summed E-state index contributed by atoms with van der Waals surface area (Å²) in [5.74, 6) is -0.0217. The molecule has 0 aliphatic carbocycles. The van der Waals surface area contributed by atoms with Crippen molar-refractivity contribution in [1.29, 1.82) is 0 Å². The third kappa shape index (κ3) is 4.54. The van der Waals surface area contributed by atoms with Gasteiger partial charge < -0.3 is 4.74 Å². The van der Waals surface area contributed by atoms with Gasteiger partial charge >= 0.3 is 5.97 Å². The van der Waals surface area contributed by atoms with Crippen LogP contribution in [0, 0.1) is 5.92 Å². The highest BCUT2D eigenvalue weighted by Crippen LogP contribution is 2.24. The van der Waals surface area contributed by atoms with E-state index >= 15 is 0 Å². The summed E-state index contributed by atoms with van der Waals surface area (Å²) in [6, 6.07) is 4.01.